The van der Waals surface area contributed by atoms with Gasteiger partial charge in [0.15, 0.2) is 17.7 Å². The van der Waals surface area contributed by atoms with Gasteiger partial charge in [-0.25, -0.2) is 15.0 Å². The van der Waals surface area contributed by atoms with Crippen molar-refractivity contribution in [2.45, 2.75) is 127 Å². The summed E-state index contributed by atoms with van der Waals surface area (Å²) in [6.45, 7) is 25.8. The first-order chi connectivity index (χ1) is 18.6. The van der Waals surface area contributed by atoms with Crippen molar-refractivity contribution in [3.8, 4) is 0 Å². The zero-order chi connectivity index (χ0) is 29.6. The number of anilines is 1. The standard InChI is InChI=1S/C27H51N5O4SSi3/c1-17(2)39(18(3)4)33-14-21-23(35-40(36-39,19(5)6)20(7)8)24(37-12-13-38(9,10)11)27(34-21)32-16-31-22-25(28)29-15-30-26(22)32/h15-21,23-24,27H,12-14H2,1-11H3,(H2,28,29,30)/t21-,23-,24+,27-/m1/s1. The Morgan fingerprint density at radius 2 is 1.60 bits per heavy atom. The Morgan fingerprint density at radius 1 is 0.975 bits per heavy atom. The molecule has 0 unspecified atom stereocenters. The smallest absolute Gasteiger partial charge is 0.335 e. The van der Waals surface area contributed by atoms with Crippen molar-refractivity contribution in [1.29, 1.82) is 0 Å². The van der Waals surface area contributed by atoms with Crippen LogP contribution in [-0.2, 0) is 17.7 Å². The fraction of sp³-hybridized carbons (Fsp3) is 0.815. The highest BCUT2D eigenvalue weighted by molar-refractivity contribution is 8.00. The van der Waals surface area contributed by atoms with Crippen LogP contribution in [-0.4, -0.2) is 74.5 Å². The Labute approximate surface area is 248 Å². The number of hydrogen-bond donors (Lipinski definition) is 1. The van der Waals surface area contributed by atoms with Crippen molar-refractivity contribution in [2.24, 2.45) is 0 Å². The molecule has 0 radical (unpaired) electrons. The van der Waals surface area contributed by atoms with Crippen LogP contribution in [0.4, 0.5) is 5.82 Å². The number of imidazole rings is 1. The van der Waals surface area contributed by atoms with E-state index >= 15 is 0 Å². The minimum absolute atomic E-state index is 0.0266. The summed E-state index contributed by atoms with van der Waals surface area (Å²) < 4.78 is 30.9. The lowest BCUT2D eigenvalue weighted by Crippen LogP contribution is -2.65. The Balaban J connectivity index is 1.81. The van der Waals surface area contributed by atoms with Gasteiger partial charge in [-0.05, 0) is 34.0 Å². The lowest BCUT2D eigenvalue weighted by Gasteiger charge is -2.51. The highest BCUT2D eigenvalue weighted by atomic mass is 32.2. The lowest BCUT2D eigenvalue weighted by molar-refractivity contribution is -0.0544. The van der Waals surface area contributed by atoms with Crippen LogP contribution in [0.1, 0.15) is 61.6 Å². The molecule has 4 heterocycles. The van der Waals surface area contributed by atoms with Crippen molar-refractivity contribution in [2.75, 3.05) is 18.1 Å². The van der Waals surface area contributed by atoms with E-state index in [1.807, 2.05) is 16.3 Å². The Kier molecular flexibility index (Phi) is 9.68. The van der Waals surface area contributed by atoms with Gasteiger partial charge in [0.1, 0.15) is 17.9 Å². The van der Waals surface area contributed by atoms with Gasteiger partial charge in [-0.15, -0.1) is 0 Å². The van der Waals surface area contributed by atoms with E-state index in [1.54, 1.807) is 6.33 Å². The molecule has 2 aliphatic rings. The second kappa shape index (κ2) is 12.1. The molecule has 226 valence electrons. The van der Waals surface area contributed by atoms with Gasteiger partial charge in [-0.2, -0.15) is 11.8 Å². The van der Waals surface area contributed by atoms with Gasteiger partial charge in [0, 0.05) is 8.07 Å². The fourth-order valence-electron chi connectivity index (χ4n) is 6.08. The monoisotopic (exact) mass is 625 g/mol. The van der Waals surface area contributed by atoms with Crippen LogP contribution < -0.4 is 5.73 Å². The first kappa shape index (κ1) is 32.1. The number of nitrogen functional groups attached to an aromatic ring is 1. The van der Waals surface area contributed by atoms with Crippen LogP contribution in [0.25, 0.3) is 11.2 Å². The van der Waals surface area contributed by atoms with E-state index in [0.717, 1.165) is 5.75 Å². The number of nitrogens with two attached hydrogens (primary N) is 1. The fourth-order valence-corrected chi connectivity index (χ4v) is 21.4. The average molecular weight is 626 g/mol. The second-order valence-electron chi connectivity index (χ2n) is 13.9. The summed E-state index contributed by atoms with van der Waals surface area (Å²) in [7, 11) is -6.67. The Morgan fingerprint density at radius 3 is 2.17 bits per heavy atom. The minimum Gasteiger partial charge on any atom is -0.414 e. The van der Waals surface area contributed by atoms with E-state index in [2.05, 4.69) is 90.0 Å². The Hall–Kier alpha value is -0.809. The molecule has 9 nitrogen and oxygen atoms in total. The number of rotatable bonds is 9. The van der Waals surface area contributed by atoms with Crippen LogP contribution in [0.15, 0.2) is 12.7 Å². The highest BCUT2D eigenvalue weighted by Crippen LogP contribution is 2.50. The molecule has 0 aromatic carbocycles. The number of ether oxygens (including phenoxy) is 1. The van der Waals surface area contributed by atoms with E-state index in [-0.39, 0.29) is 45.9 Å². The molecular weight excluding hydrogens is 575 g/mol. The number of aromatic nitrogens is 4. The summed E-state index contributed by atoms with van der Waals surface area (Å²) in [5, 5.41) is 0.0266. The molecule has 0 spiro atoms. The number of hydrogen-bond acceptors (Lipinski definition) is 9. The van der Waals surface area contributed by atoms with Gasteiger partial charge < -0.3 is 23.4 Å². The predicted molar refractivity (Wildman–Crippen MR) is 172 cm³/mol. The molecule has 2 saturated heterocycles. The molecule has 2 aromatic heterocycles. The molecule has 2 aromatic rings. The molecule has 0 saturated carbocycles. The molecule has 0 aliphatic carbocycles. The first-order valence-electron chi connectivity index (χ1n) is 14.8. The van der Waals surface area contributed by atoms with Crippen molar-refractivity contribution in [3.63, 3.8) is 0 Å². The maximum absolute atomic E-state index is 7.49. The van der Waals surface area contributed by atoms with E-state index in [4.69, 9.17) is 23.4 Å². The molecule has 40 heavy (non-hydrogen) atoms. The third-order valence-electron chi connectivity index (χ3n) is 8.44. The van der Waals surface area contributed by atoms with E-state index in [9.17, 15) is 0 Å². The van der Waals surface area contributed by atoms with Crippen LogP contribution in [0.3, 0.4) is 0 Å². The predicted octanol–water partition coefficient (Wildman–Crippen LogP) is 6.70. The molecule has 2 N–H and O–H groups in total. The molecule has 0 bridgehead atoms. The van der Waals surface area contributed by atoms with Gasteiger partial charge in [-0.3, -0.25) is 4.57 Å². The summed E-state index contributed by atoms with van der Waals surface area (Å²) in [4.78, 5) is 13.3. The largest absolute Gasteiger partial charge is 0.414 e. The molecular formula is C27H51N5O4SSi3. The van der Waals surface area contributed by atoms with Crippen LogP contribution in [0.5, 0.6) is 0 Å². The SMILES string of the molecule is CC(C)[Si]1(C(C)C)OC[C@H]2O[C@@H](n3cnc4c(N)ncnc43)[C@@H](SCC[Si](C)(C)C)[C@@H]2O[Si](C(C)C)(C(C)C)O1. The third kappa shape index (κ3) is 5.99. The third-order valence-corrected chi connectivity index (χ3v) is 22.1. The quantitative estimate of drug-likeness (QED) is 0.305. The minimum atomic E-state index is -2.78. The second-order valence-corrected chi connectivity index (χ2v) is 29.6. The van der Waals surface area contributed by atoms with Gasteiger partial charge >= 0.3 is 17.1 Å². The van der Waals surface area contributed by atoms with E-state index in [0.29, 0.717) is 23.6 Å². The van der Waals surface area contributed by atoms with Gasteiger partial charge in [0.2, 0.25) is 0 Å². The summed E-state index contributed by atoms with van der Waals surface area (Å²) in [5.41, 5.74) is 8.53. The summed E-state index contributed by atoms with van der Waals surface area (Å²) in [6.07, 6.45) is 2.58. The van der Waals surface area contributed by atoms with Crippen molar-refractivity contribution < 1.29 is 17.7 Å². The Bertz CT molecular complexity index is 1140. The maximum Gasteiger partial charge on any atom is 0.335 e. The normalized spacial score (nSPS) is 27.1. The van der Waals surface area contributed by atoms with Gasteiger partial charge in [-0.1, -0.05) is 75.0 Å². The van der Waals surface area contributed by atoms with Crippen molar-refractivity contribution in [3.05, 3.63) is 12.7 Å². The van der Waals surface area contributed by atoms with E-state index < -0.39 is 25.2 Å². The molecule has 2 aliphatic heterocycles. The average Bonchev–Trinajstić information content (AvgIpc) is 3.40. The van der Waals surface area contributed by atoms with Crippen molar-refractivity contribution >= 4 is 53.9 Å². The summed E-state index contributed by atoms with van der Waals surface area (Å²) >= 11 is 1.95. The van der Waals surface area contributed by atoms with Crippen LogP contribution in [0.2, 0.25) is 47.8 Å². The summed E-state index contributed by atoms with van der Waals surface area (Å²) in [6, 6.07) is 1.22. The molecule has 13 heteroatoms. The highest BCUT2D eigenvalue weighted by Gasteiger charge is 2.62. The molecule has 0 amide bonds. The lowest BCUT2D eigenvalue weighted by atomic mass is 10.2. The van der Waals surface area contributed by atoms with Crippen molar-refractivity contribution in [1.82, 2.24) is 19.5 Å². The van der Waals surface area contributed by atoms with E-state index in [1.165, 1.54) is 12.4 Å². The van der Waals surface area contributed by atoms with Crippen LogP contribution in [0, 0.1) is 0 Å². The first-order valence-corrected chi connectivity index (χ1v) is 23.5. The van der Waals surface area contributed by atoms with Crippen LogP contribution >= 0.6 is 11.8 Å². The molecule has 2 fully saturated rings. The topological polar surface area (TPSA) is 107 Å². The van der Waals surface area contributed by atoms with Gasteiger partial charge in [0.25, 0.3) is 0 Å². The number of thioether (sulfide) groups is 1. The molecule has 4 rings (SSSR count). The maximum atomic E-state index is 7.49. The zero-order valence-electron chi connectivity index (χ0n) is 26.3. The zero-order valence-corrected chi connectivity index (χ0v) is 30.1. The van der Waals surface area contributed by atoms with Gasteiger partial charge in [0.05, 0.1) is 24.3 Å². The number of nitrogens with zero attached hydrogens (tertiary/aromatic N) is 4. The summed E-state index contributed by atoms with van der Waals surface area (Å²) in [5.74, 6) is 1.42. The number of fused-ring (bicyclic) bond motifs is 2. The molecule has 4 atom stereocenters.